The lowest BCUT2D eigenvalue weighted by molar-refractivity contribution is 1.18. The molecule has 0 bridgehead atoms. The molecule has 0 spiro atoms. The van der Waals surface area contributed by atoms with Crippen LogP contribution in [-0.2, 0) is 0 Å². The Balaban J connectivity index is 0.994. The van der Waals surface area contributed by atoms with Crippen molar-refractivity contribution in [1.82, 2.24) is 15.0 Å². The summed E-state index contributed by atoms with van der Waals surface area (Å²) >= 11 is 1.87. The Morgan fingerprint density at radius 2 is 0.885 bits per heavy atom. The van der Waals surface area contributed by atoms with Gasteiger partial charge in [0.15, 0.2) is 5.82 Å². The third-order valence-corrected chi connectivity index (χ3v) is 13.1. The van der Waals surface area contributed by atoms with E-state index in [0.29, 0.717) is 5.82 Å². The predicted molar refractivity (Wildman–Crippen MR) is 258 cm³/mol. The van der Waals surface area contributed by atoms with E-state index in [1.807, 2.05) is 47.7 Å². The van der Waals surface area contributed by atoms with Crippen LogP contribution in [0.15, 0.2) is 212 Å². The van der Waals surface area contributed by atoms with Crippen LogP contribution in [0.3, 0.4) is 0 Å². The van der Waals surface area contributed by atoms with Crippen molar-refractivity contribution in [2.75, 3.05) is 0 Å². The second-order valence-corrected chi connectivity index (χ2v) is 16.6. The van der Waals surface area contributed by atoms with Crippen LogP contribution in [0.1, 0.15) is 0 Å². The van der Waals surface area contributed by atoms with E-state index in [-0.39, 0.29) is 0 Å². The van der Waals surface area contributed by atoms with Crippen molar-refractivity contribution in [3.05, 3.63) is 212 Å². The summed E-state index contributed by atoms with van der Waals surface area (Å²) < 4.78 is 2.63. The van der Waals surface area contributed by atoms with Crippen LogP contribution >= 0.6 is 11.3 Å². The van der Waals surface area contributed by atoms with Crippen LogP contribution in [0, 0.1) is 0 Å². The van der Waals surface area contributed by atoms with Gasteiger partial charge < -0.3 is 0 Å². The Hall–Kier alpha value is -7.79. The molecule has 4 heteroatoms. The molecule has 3 nitrogen and oxygen atoms in total. The highest BCUT2D eigenvalue weighted by atomic mass is 32.1. The first-order chi connectivity index (χ1) is 30.2. The van der Waals surface area contributed by atoms with Crippen molar-refractivity contribution in [3.8, 4) is 67.4 Å². The molecule has 0 aliphatic carbocycles. The lowest BCUT2D eigenvalue weighted by atomic mass is 9.92. The molecule has 284 valence electrons. The van der Waals surface area contributed by atoms with Crippen molar-refractivity contribution < 1.29 is 0 Å². The second kappa shape index (κ2) is 14.5. The van der Waals surface area contributed by atoms with E-state index in [1.165, 1.54) is 47.5 Å². The maximum absolute atomic E-state index is 5.59. The zero-order valence-corrected chi connectivity index (χ0v) is 33.8. The molecule has 12 aromatic rings. The zero-order valence-electron chi connectivity index (χ0n) is 33.0. The molecular weight excluding hydrogens is 759 g/mol. The maximum atomic E-state index is 5.59. The highest BCUT2D eigenvalue weighted by molar-refractivity contribution is 7.26. The van der Waals surface area contributed by atoms with Crippen molar-refractivity contribution in [3.63, 3.8) is 0 Å². The number of para-hydroxylation sites is 1. The third kappa shape index (κ3) is 6.07. The number of nitrogens with zero attached hydrogens (tertiary/aromatic N) is 3. The van der Waals surface area contributed by atoms with Gasteiger partial charge in [-0.2, -0.15) is 0 Å². The minimum absolute atomic E-state index is 0.689. The first kappa shape index (κ1) is 35.2. The van der Waals surface area contributed by atoms with Crippen molar-refractivity contribution >= 4 is 64.0 Å². The Morgan fingerprint density at radius 1 is 0.328 bits per heavy atom. The van der Waals surface area contributed by atoms with Crippen LogP contribution in [0.5, 0.6) is 0 Å². The molecule has 0 saturated heterocycles. The van der Waals surface area contributed by atoms with E-state index < -0.39 is 0 Å². The van der Waals surface area contributed by atoms with Crippen LogP contribution < -0.4 is 0 Å². The SMILES string of the molecule is c1ccc(-c2cc(-c3ccccc3)nc(-c3ccc(-c4cccc5c4nc(-c4ccc(-c6cccc7c6sc6ccccc67)cc4)c4ccc6ccccc6c45)cc3)n2)cc1. The van der Waals surface area contributed by atoms with Gasteiger partial charge in [-0.05, 0) is 39.6 Å². The van der Waals surface area contributed by atoms with Crippen molar-refractivity contribution in [2.45, 2.75) is 0 Å². The lowest BCUT2D eigenvalue weighted by Crippen LogP contribution is -1.96. The summed E-state index contributed by atoms with van der Waals surface area (Å²) in [5, 5.41) is 8.55. The predicted octanol–water partition coefficient (Wildman–Crippen LogP) is 15.7. The molecule has 0 saturated carbocycles. The van der Waals surface area contributed by atoms with E-state index in [2.05, 4.69) is 176 Å². The summed E-state index contributed by atoms with van der Waals surface area (Å²) in [6, 6.07) is 75.5. The molecular formula is C57H35N3S. The fourth-order valence-corrected chi connectivity index (χ4v) is 10.2. The van der Waals surface area contributed by atoms with Gasteiger partial charge in [0.25, 0.3) is 0 Å². The molecule has 0 fully saturated rings. The van der Waals surface area contributed by atoms with Gasteiger partial charge in [0.2, 0.25) is 0 Å². The van der Waals surface area contributed by atoms with Crippen molar-refractivity contribution in [2.24, 2.45) is 0 Å². The molecule has 3 aromatic heterocycles. The Kier molecular flexibility index (Phi) is 8.36. The standard InChI is InChI=1S/C57H35N3S/c1-3-14-39(15-4-1)50-35-51(40-16-5-2-6-17-40)59-57(58-50)42-31-27-37(28-32-42)44-20-11-23-48-53-43-18-8-7-13-36(43)33-34-49(53)54(60-55(44)48)41-29-25-38(26-30-41)45-21-12-22-47-46-19-9-10-24-52(46)61-56(45)47/h1-35H. The van der Waals surface area contributed by atoms with E-state index in [9.17, 15) is 0 Å². The van der Waals surface area contributed by atoms with Gasteiger partial charge in [-0.15, -0.1) is 11.3 Å². The maximum Gasteiger partial charge on any atom is 0.160 e. The van der Waals surface area contributed by atoms with Crippen LogP contribution in [-0.4, -0.2) is 15.0 Å². The summed E-state index contributed by atoms with van der Waals surface area (Å²) in [4.78, 5) is 15.8. The fraction of sp³-hybridized carbons (Fsp3) is 0. The summed E-state index contributed by atoms with van der Waals surface area (Å²) in [5.41, 5.74) is 12.5. The molecule has 9 aromatic carbocycles. The number of hydrogen-bond acceptors (Lipinski definition) is 4. The zero-order chi connectivity index (χ0) is 40.3. The summed E-state index contributed by atoms with van der Waals surface area (Å²) in [7, 11) is 0. The molecule has 0 unspecified atom stereocenters. The van der Waals surface area contributed by atoms with Gasteiger partial charge in [0.05, 0.1) is 22.6 Å². The van der Waals surface area contributed by atoms with Gasteiger partial charge >= 0.3 is 0 Å². The molecule has 61 heavy (non-hydrogen) atoms. The molecule has 0 amide bonds. The highest BCUT2D eigenvalue weighted by Gasteiger charge is 2.18. The molecule has 0 radical (unpaired) electrons. The lowest BCUT2D eigenvalue weighted by Gasteiger charge is -2.16. The topological polar surface area (TPSA) is 38.7 Å². The summed E-state index contributed by atoms with van der Waals surface area (Å²) in [6.07, 6.45) is 0. The molecule has 0 aliphatic rings. The normalized spacial score (nSPS) is 11.6. The van der Waals surface area contributed by atoms with Crippen LogP contribution in [0.25, 0.3) is 120 Å². The molecule has 0 aliphatic heterocycles. The fourth-order valence-electron chi connectivity index (χ4n) is 8.92. The van der Waals surface area contributed by atoms with E-state index >= 15 is 0 Å². The number of thiophene rings is 1. The number of benzene rings is 9. The largest absolute Gasteiger partial charge is 0.246 e. The third-order valence-electron chi connectivity index (χ3n) is 11.9. The molecule has 12 rings (SSSR count). The number of rotatable bonds is 6. The number of pyridine rings is 1. The van der Waals surface area contributed by atoms with Gasteiger partial charge in [-0.1, -0.05) is 200 Å². The van der Waals surface area contributed by atoms with Crippen LogP contribution in [0.2, 0.25) is 0 Å². The molecule has 0 N–H and O–H groups in total. The Morgan fingerprint density at radius 3 is 1.61 bits per heavy atom. The number of fused-ring (bicyclic) bond motifs is 8. The van der Waals surface area contributed by atoms with Gasteiger partial charge in [0.1, 0.15) is 0 Å². The quantitative estimate of drug-likeness (QED) is 0.157. The second-order valence-electron chi connectivity index (χ2n) is 15.5. The van der Waals surface area contributed by atoms with E-state index in [1.54, 1.807) is 0 Å². The van der Waals surface area contributed by atoms with Gasteiger partial charge in [-0.3, -0.25) is 0 Å². The van der Waals surface area contributed by atoms with E-state index in [4.69, 9.17) is 15.0 Å². The van der Waals surface area contributed by atoms with Gasteiger partial charge in [0, 0.05) is 64.1 Å². The number of hydrogen-bond donors (Lipinski definition) is 0. The number of aromatic nitrogens is 3. The molecule has 3 heterocycles. The first-order valence-electron chi connectivity index (χ1n) is 20.6. The summed E-state index contributed by atoms with van der Waals surface area (Å²) in [6.45, 7) is 0. The van der Waals surface area contributed by atoms with Crippen molar-refractivity contribution in [1.29, 1.82) is 0 Å². The average molecular weight is 794 g/mol. The minimum Gasteiger partial charge on any atom is -0.246 e. The monoisotopic (exact) mass is 793 g/mol. The Labute approximate surface area is 356 Å². The minimum atomic E-state index is 0.689. The summed E-state index contributed by atoms with van der Waals surface area (Å²) in [5.74, 6) is 0.689. The van der Waals surface area contributed by atoms with Crippen LogP contribution in [0.4, 0.5) is 0 Å². The smallest absolute Gasteiger partial charge is 0.160 e. The Bertz CT molecular complexity index is 3560. The first-order valence-corrected chi connectivity index (χ1v) is 21.4. The van der Waals surface area contributed by atoms with Gasteiger partial charge in [-0.25, -0.2) is 15.0 Å². The average Bonchev–Trinajstić information content (AvgIpc) is 3.73. The van der Waals surface area contributed by atoms with E-state index in [0.717, 1.165) is 66.8 Å². The highest BCUT2D eigenvalue weighted by Crippen LogP contribution is 2.43. The molecule has 0 atom stereocenters.